The molecule has 84 valence electrons. The number of aryl methyl sites for hydroxylation is 2. The lowest BCUT2D eigenvalue weighted by Crippen LogP contribution is -2.31. The summed E-state index contributed by atoms with van der Waals surface area (Å²) >= 11 is 0. The average molecular weight is 209 g/mol. The van der Waals surface area contributed by atoms with Crippen LogP contribution in [0.2, 0.25) is 0 Å². The molecule has 0 aliphatic carbocycles. The highest BCUT2D eigenvalue weighted by Gasteiger charge is 2.10. The maximum absolute atomic E-state index is 11.7. The van der Waals surface area contributed by atoms with Crippen LogP contribution in [0.15, 0.2) is 6.07 Å². The molecule has 0 saturated carbocycles. The third-order valence-electron chi connectivity index (χ3n) is 2.24. The van der Waals surface area contributed by atoms with Gasteiger partial charge in [-0.2, -0.15) is 0 Å². The molecule has 0 fully saturated rings. The molecule has 1 aromatic rings. The van der Waals surface area contributed by atoms with Crippen LogP contribution < -0.4 is 5.32 Å². The summed E-state index contributed by atoms with van der Waals surface area (Å²) in [5, 5.41) is 2.88. The molecule has 1 heterocycles. The molecular weight excluding hydrogens is 190 g/mol. The van der Waals surface area contributed by atoms with Crippen LogP contribution in [0.1, 0.15) is 21.7 Å². The largest absolute Gasteiger partial charge is 0.362 e. The summed E-state index contributed by atoms with van der Waals surface area (Å²) < 4.78 is 0. The molecule has 1 aromatic heterocycles. The minimum absolute atomic E-state index is 0.00120. The zero-order chi connectivity index (χ0) is 11.4. The van der Waals surface area contributed by atoms with Crippen molar-refractivity contribution in [3.63, 3.8) is 0 Å². The number of hydrogen-bond acceptors (Lipinski definition) is 2. The highest BCUT2D eigenvalue weighted by molar-refractivity contribution is 5.95. The fourth-order valence-corrected chi connectivity index (χ4v) is 1.45. The molecule has 0 aliphatic heterocycles. The van der Waals surface area contributed by atoms with Gasteiger partial charge in [-0.25, -0.2) is 0 Å². The molecular formula is C11H19N3O. The lowest BCUT2D eigenvalue weighted by molar-refractivity contribution is 0.0950. The third-order valence-corrected chi connectivity index (χ3v) is 2.24. The SMILES string of the molecule is Cc1cc(C(=O)NCCN(C)C)c(C)[nH]1. The molecule has 0 saturated heterocycles. The van der Waals surface area contributed by atoms with Gasteiger partial charge in [0.05, 0.1) is 5.56 Å². The molecule has 0 aromatic carbocycles. The summed E-state index contributed by atoms with van der Waals surface area (Å²) in [4.78, 5) is 16.9. The van der Waals surface area contributed by atoms with Crippen molar-refractivity contribution in [2.45, 2.75) is 13.8 Å². The second kappa shape index (κ2) is 4.98. The molecule has 0 bridgehead atoms. The summed E-state index contributed by atoms with van der Waals surface area (Å²) in [6.07, 6.45) is 0. The Kier molecular flexibility index (Phi) is 3.91. The van der Waals surface area contributed by atoms with Crippen molar-refractivity contribution in [2.75, 3.05) is 27.2 Å². The van der Waals surface area contributed by atoms with Crippen LogP contribution in [-0.2, 0) is 0 Å². The predicted molar refractivity (Wildman–Crippen MR) is 61.2 cm³/mol. The molecule has 15 heavy (non-hydrogen) atoms. The number of likely N-dealkylation sites (N-methyl/N-ethyl adjacent to an activating group) is 1. The summed E-state index contributed by atoms with van der Waals surface area (Å²) in [5.41, 5.74) is 2.69. The van der Waals surface area contributed by atoms with E-state index in [0.717, 1.165) is 23.5 Å². The normalized spacial score (nSPS) is 10.7. The van der Waals surface area contributed by atoms with Crippen LogP contribution in [0.5, 0.6) is 0 Å². The number of amides is 1. The van der Waals surface area contributed by atoms with E-state index in [9.17, 15) is 4.79 Å². The van der Waals surface area contributed by atoms with E-state index in [0.29, 0.717) is 6.54 Å². The first-order chi connectivity index (χ1) is 7.00. The Morgan fingerprint density at radius 2 is 2.13 bits per heavy atom. The van der Waals surface area contributed by atoms with Crippen LogP contribution in [-0.4, -0.2) is 43.0 Å². The minimum atomic E-state index is -0.00120. The summed E-state index contributed by atoms with van der Waals surface area (Å²) in [7, 11) is 3.97. The van der Waals surface area contributed by atoms with E-state index in [1.807, 2.05) is 38.9 Å². The highest BCUT2D eigenvalue weighted by Crippen LogP contribution is 2.08. The second-order valence-corrected chi connectivity index (χ2v) is 4.05. The first kappa shape index (κ1) is 11.8. The van der Waals surface area contributed by atoms with E-state index < -0.39 is 0 Å². The van der Waals surface area contributed by atoms with Gasteiger partial charge in [-0.15, -0.1) is 0 Å². The maximum Gasteiger partial charge on any atom is 0.253 e. The first-order valence-corrected chi connectivity index (χ1v) is 5.10. The number of carbonyl (C=O) groups is 1. The van der Waals surface area contributed by atoms with E-state index in [4.69, 9.17) is 0 Å². The van der Waals surface area contributed by atoms with Gasteiger partial charge in [-0.3, -0.25) is 4.79 Å². The van der Waals surface area contributed by atoms with Crippen LogP contribution >= 0.6 is 0 Å². The topological polar surface area (TPSA) is 48.1 Å². The fourth-order valence-electron chi connectivity index (χ4n) is 1.45. The number of rotatable bonds is 4. The molecule has 1 rings (SSSR count). The van der Waals surface area contributed by atoms with Crippen molar-refractivity contribution >= 4 is 5.91 Å². The smallest absolute Gasteiger partial charge is 0.253 e. The predicted octanol–water partition coefficient (Wildman–Crippen LogP) is 0.923. The number of H-pyrrole nitrogens is 1. The zero-order valence-corrected chi connectivity index (χ0v) is 9.85. The maximum atomic E-state index is 11.7. The number of aromatic nitrogens is 1. The molecule has 2 N–H and O–H groups in total. The Morgan fingerprint density at radius 3 is 2.60 bits per heavy atom. The van der Waals surface area contributed by atoms with E-state index >= 15 is 0 Å². The minimum Gasteiger partial charge on any atom is -0.362 e. The monoisotopic (exact) mass is 209 g/mol. The molecule has 4 heteroatoms. The first-order valence-electron chi connectivity index (χ1n) is 5.10. The zero-order valence-electron chi connectivity index (χ0n) is 9.85. The van der Waals surface area contributed by atoms with Crippen LogP contribution in [0.25, 0.3) is 0 Å². The van der Waals surface area contributed by atoms with Crippen molar-refractivity contribution in [3.8, 4) is 0 Å². The number of aromatic amines is 1. The second-order valence-electron chi connectivity index (χ2n) is 4.05. The molecule has 4 nitrogen and oxygen atoms in total. The Morgan fingerprint density at radius 1 is 1.47 bits per heavy atom. The molecule has 1 amide bonds. The number of carbonyl (C=O) groups excluding carboxylic acids is 1. The van der Waals surface area contributed by atoms with E-state index in [1.165, 1.54) is 0 Å². The molecule has 0 radical (unpaired) electrons. The molecule has 0 spiro atoms. The average Bonchev–Trinajstić information content (AvgIpc) is 2.44. The van der Waals surface area contributed by atoms with Crippen molar-refractivity contribution in [2.24, 2.45) is 0 Å². The number of hydrogen-bond donors (Lipinski definition) is 2. The Bertz CT molecular complexity index is 342. The van der Waals surface area contributed by atoms with Crippen molar-refractivity contribution in [3.05, 3.63) is 23.0 Å². The molecule has 0 atom stereocenters. The van der Waals surface area contributed by atoms with Crippen molar-refractivity contribution in [1.29, 1.82) is 0 Å². The van der Waals surface area contributed by atoms with Gasteiger partial charge in [0.2, 0.25) is 0 Å². The Hall–Kier alpha value is -1.29. The van der Waals surface area contributed by atoms with E-state index in [2.05, 4.69) is 10.3 Å². The molecule has 0 unspecified atom stereocenters. The van der Waals surface area contributed by atoms with Crippen LogP contribution in [0, 0.1) is 13.8 Å². The summed E-state index contributed by atoms with van der Waals surface area (Å²) in [5.74, 6) is -0.00120. The van der Waals surface area contributed by atoms with Crippen LogP contribution in [0.4, 0.5) is 0 Å². The van der Waals surface area contributed by atoms with Crippen LogP contribution in [0.3, 0.4) is 0 Å². The summed E-state index contributed by atoms with van der Waals surface area (Å²) in [6.45, 7) is 5.39. The van der Waals surface area contributed by atoms with E-state index in [1.54, 1.807) is 0 Å². The number of nitrogens with zero attached hydrogens (tertiary/aromatic N) is 1. The third kappa shape index (κ3) is 3.40. The van der Waals surface area contributed by atoms with Gasteiger partial charge < -0.3 is 15.2 Å². The quantitative estimate of drug-likeness (QED) is 0.774. The standard InChI is InChI=1S/C11H19N3O/c1-8-7-10(9(2)13-8)11(15)12-5-6-14(3)4/h7,13H,5-6H2,1-4H3,(H,12,15). The fraction of sp³-hybridized carbons (Fsp3) is 0.545. The lowest BCUT2D eigenvalue weighted by atomic mass is 10.2. The van der Waals surface area contributed by atoms with Gasteiger partial charge in [0.1, 0.15) is 0 Å². The Balaban J connectivity index is 2.50. The van der Waals surface area contributed by atoms with Gasteiger partial charge >= 0.3 is 0 Å². The highest BCUT2D eigenvalue weighted by atomic mass is 16.1. The van der Waals surface area contributed by atoms with Crippen molar-refractivity contribution in [1.82, 2.24) is 15.2 Å². The van der Waals surface area contributed by atoms with Gasteiger partial charge in [0.25, 0.3) is 5.91 Å². The summed E-state index contributed by atoms with van der Waals surface area (Å²) in [6, 6.07) is 1.88. The van der Waals surface area contributed by atoms with Crippen molar-refractivity contribution < 1.29 is 4.79 Å². The van der Waals surface area contributed by atoms with Gasteiger partial charge in [-0.1, -0.05) is 0 Å². The number of nitrogens with one attached hydrogen (secondary N) is 2. The Labute approximate surface area is 90.7 Å². The lowest BCUT2D eigenvalue weighted by Gasteiger charge is -2.10. The van der Waals surface area contributed by atoms with Gasteiger partial charge in [0.15, 0.2) is 0 Å². The van der Waals surface area contributed by atoms with Gasteiger partial charge in [0, 0.05) is 24.5 Å². The van der Waals surface area contributed by atoms with E-state index in [-0.39, 0.29) is 5.91 Å². The molecule has 0 aliphatic rings. The van der Waals surface area contributed by atoms with Gasteiger partial charge in [-0.05, 0) is 34.0 Å².